The molecular weight excluding hydrogens is 362 g/mol. The van der Waals surface area contributed by atoms with Gasteiger partial charge in [0.25, 0.3) is 5.91 Å². The molecule has 0 spiro atoms. The molecule has 1 saturated heterocycles. The quantitative estimate of drug-likeness (QED) is 0.812. The second-order valence-electron chi connectivity index (χ2n) is 7.24. The highest BCUT2D eigenvalue weighted by Crippen LogP contribution is 2.32. The summed E-state index contributed by atoms with van der Waals surface area (Å²) >= 11 is 1.49. The summed E-state index contributed by atoms with van der Waals surface area (Å²) in [5.74, 6) is 1.94. The number of hydrogen-bond acceptors (Lipinski definition) is 5. The Balaban J connectivity index is 1.56. The minimum atomic E-state index is 0.00856. The topological polar surface area (TPSA) is 71.3 Å². The average molecular weight is 388 g/mol. The van der Waals surface area contributed by atoms with Crippen molar-refractivity contribution in [2.24, 2.45) is 0 Å². The highest BCUT2D eigenvalue weighted by molar-refractivity contribution is 7.12. The van der Waals surface area contributed by atoms with Crippen LogP contribution in [-0.2, 0) is 17.9 Å². The molecular formula is C19H25N5O2S. The number of rotatable bonds is 3. The van der Waals surface area contributed by atoms with Gasteiger partial charge in [-0.25, -0.2) is 0 Å². The molecule has 2 aromatic rings. The number of carbonyl (C=O) groups excluding carboxylic acids is 2. The molecule has 144 valence electrons. The zero-order valence-corrected chi connectivity index (χ0v) is 16.7. The van der Waals surface area contributed by atoms with Crippen molar-refractivity contribution in [3.63, 3.8) is 0 Å². The number of piperidine rings is 1. The molecule has 2 aliphatic rings. The van der Waals surface area contributed by atoms with Crippen LogP contribution in [0.4, 0.5) is 0 Å². The number of thiophene rings is 1. The summed E-state index contributed by atoms with van der Waals surface area (Å²) in [5, 5.41) is 10.8. The number of aryl methyl sites for hydroxylation is 1. The van der Waals surface area contributed by atoms with Crippen LogP contribution in [0, 0.1) is 6.92 Å². The summed E-state index contributed by atoms with van der Waals surface area (Å²) in [5.41, 5.74) is 1.02. The van der Waals surface area contributed by atoms with E-state index in [4.69, 9.17) is 0 Å². The van der Waals surface area contributed by atoms with Gasteiger partial charge < -0.3 is 14.4 Å². The lowest BCUT2D eigenvalue weighted by Gasteiger charge is -2.36. The highest BCUT2D eigenvalue weighted by atomic mass is 32.1. The van der Waals surface area contributed by atoms with Crippen molar-refractivity contribution < 1.29 is 9.59 Å². The summed E-state index contributed by atoms with van der Waals surface area (Å²) < 4.78 is 2.12. The number of carbonyl (C=O) groups is 2. The molecule has 0 radical (unpaired) electrons. The van der Waals surface area contributed by atoms with E-state index in [1.165, 1.54) is 11.3 Å². The van der Waals surface area contributed by atoms with E-state index in [0.29, 0.717) is 26.1 Å². The standard InChI is InChI=1S/C19H25N5O2S/c1-3-16(25)23-8-5-4-6-14(23)18-21-20-15-12-22(9-10-24(15)18)19(26)17-13(2)7-11-27-17/h7,11,14H,3-6,8-10,12H2,1-2H3. The van der Waals surface area contributed by atoms with E-state index in [2.05, 4.69) is 14.8 Å². The van der Waals surface area contributed by atoms with Crippen LogP contribution < -0.4 is 0 Å². The Morgan fingerprint density at radius 1 is 1.22 bits per heavy atom. The summed E-state index contributed by atoms with van der Waals surface area (Å²) in [4.78, 5) is 29.8. The third-order valence-corrected chi connectivity index (χ3v) is 6.55. The van der Waals surface area contributed by atoms with Crippen molar-refractivity contribution in [3.05, 3.63) is 33.5 Å². The lowest BCUT2D eigenvalue weighted by molar-refractivity contribution is -0.135. The first kappa shape index (κ1) is 18.2. The molecule has 8 heteroatoms. The zero-order valence-electron chi connectivity index (χ0n) is 15.8. The molecule has 2 aromatic heterocycles. The van der Waals surface area contributed by atoms with Gasteiger partial charge in [0.05, 0.1) is 17.5 Å². The largest absolute Gasteiger partial charge is 0.332 e. The maximum atomic E-state index is 12.8. The third kappa shape index (κ3) is 3.26. The molecule has 1 unspecified atom stereocenters. The summed E-state index contributed by atoms with van der Waals surface area (Å²) in [6.45, 7) is 6.46. The van der Waals surface area contributed by atoms with Crippen LogP contribution in [0.2, 0.25) is 0 Å². The Kier molecular flexibility index (Phi) is 4.99. The van der Waals surface area contributed by atoms with Crippen LogP contribution in [0.3, 0.4) is 0 Å². The molecule has 0 aromatic carbocycles. The fourth-order valence-electron chi connectivity index (χ4n) is 4.04. The molecule has 7 nitrogen and oxygen atoms in total. The SMILES string of the molecule is CCC(=O)N1CCCCC1c1nnc2n1CCN(C(=O)c1sccc1C)C2. The van der Waals surface area contributed by atoms with Gasteiger partial charge in [-0.3, -0.25) is 9.59 Å². The fourth-order valence-corrected chi connectivity index (χ4v) is 4.93. The van der Waals surface area contributed by atoms with Gasteiger partial charge in [0.15, 0.2) is 11.6 Å². The summed E-state index contributed by atoms with van der Waals surface area (Å²) in [6, 6.07) is 1.99. The van der Waals surface area contributed by atoms with Gasteiger partial charge in [-0.05, 0) is 43.2 Å². The van der Waals surface area contributed by atoms with Crippen LogP contribution >= 0.6 is 11.3 Å². The Hall–Kier alpha value is -2.22. The van der Waals surface area contributed by atoms with Crippen molar-refractivity contribution in [2.75, 3.05) is 13.1 Å². The van der Waals surface area contributed by atoms with Crippen molar-refractivity contribution in [2.45, 2.75) is 58.7 Å². The lowest BCUT2D eigenvalue weighted by atomic mass is 10.0. The molecule has 1 fully saturated rings. The second-order valence-corrected chi connectivity index (χ2v) is 8.15. The number of fused-ring (bicyclic) bond motifs is 1. The smallest absolute Gasteiger partial charge is 0.264 e. The lowest BCUT2D eigenvalue weighted by Crippen LogP contribution is -2.42. The summed E-state index contributed by atoms with van der Waals surface area (Å²) in [7, 11) is 0. The first-order valence-electron chi connectivity index (χ1n) is 9.65. The summed E-state index contributed by atoms with van der Waals surface area (Å²) in [6.07, 6.45) is 3.59. The van der Waals surface area contributed by atoms with Gasteiger partial charge in [0.2, 0.25) is 5.91 Å². The van der Waals surface area contributed by atoms with Gasteiger partial charge in [-0.1, -0.05) is 6.92 Å². The monoisotopic (exact) mass is 387 g/mol. The van der Waals surface area contributed by atoms with Crippen LogP contribution in [0.15, 0.2) is 11.4 Å². The number of nitrogens with zero attached hydrogens (tertiary/aromatic N) is 5. The Bertz CT molecular complexity index is 858. The van der Waals surface area contributed by atoms with Gasteiger partial charge in [-0.2, -0.15) is 0 Å². The normalized spacial score (nSPS) is 19.9. The molecule has 0 N–H and O–H groups in total. The van der Waals surface area contributed by atoms with Crippen molar-refractivity contribution in [1.29, 1.82) is 0 Å². The predicted octanol–water partition coefficient (Wildman–Crippen LogP) is 2.77. The molecule has 27 heavy (non-hydrogen) atoms. The average Bonchev–Trinajstić information content (AvgIpc) is 3.32. The van der Waals surface area contributed by atoms with Gasteiger partial charge in [0, 0.05) is 26.1 Å². The minimum Gasteiger partial charge on any atom is -0.332 e. The molecule has 2 aliphatic heterocycles. The minimum absolute atomic E-state index is 0.00856. The van der Waals surface area contributed by atoms with Crippen LogP contribution in [-0.4, -0.2) is 49.5 Å². The maximum absolute atomic E-state index is 12.8. The molecule has 4 heterocycles. The van der Waals surface area contributed by atoms with Gasteiger partial charge in [-0.15, -0.1) is 21.5 Å². The molecule has 1 atom stereocenters. The maximum Gasteiger partial charge on any atom is 0.264 e. The Labute approximate surface area is 163 Å². The van der Waals surface area contributed by atoms with Gasteiger partial charge >= 0.3 is 0 Å². The highest BCUT2D eigenvalue weighted by Gasteiger charge is 2.34. The van der Waals surface area contributed by atoms with E-state index in [1.807, 2.05) is 35.1 Å². The predicted molar refractivity (Wildman–Crippen MR) is 102 cm³/mol. The molecule has 4 rings (SSSR count). The van der Waals surface area contributed by atoms with Crippen molar-refractivity contribution >= 4 is 23.2 Å². The van der Waals surface area contributed by atoms with E-state index in [9.17, 15) is 9.59 Å². The van der Waals surface area contributed by atoms with Crippen LogP contribution in [0.5, 0.6) is 0 Å². The number of amides is 2. The Morgan fingerprint density at radius 2 is 2.07 bits per heavy atom. The van der Waals surface area contributed by atoms with E-state index < -0.39 is 0 Å². The first-order chi connectivity index (χ1) is 13.1. The van der Waals surface area contributed by atoms with Crippen molar-refractivity contribution in [3.8, 4) is 0 Å². The van der Waals surface area contributed by atoms with Crippen molar-refractivity contribution in [1.82, 2.24) is 24.6 Å². The Morgan fingerprint density at radius 3 is 2.81 bits per heavy atom. The van der Waals surface area contributed by atoms with E-state index >= 15 is 0 Å². The molecule has 0 bridgehead atoms. The molecule has 0 aliphatic carbocycles. The number of hydrogen-bond donors (Lipinski definition) is 0. The van der Waals surface area contributed by atoms with E-state index in [-0.39, 0.29) is 17.9 Å². The van der Waals surface area contributed by atoms with Crippen LogP contribution in [0.25, 0.3) is 0 Å². The number of likely N-dealkylation sites (tertiary alicyclic amines) is 1. The first-order valence-corrected chi connectivity index (χ1v) is 10.5. The van der Waals surface area contributed by atoms with E-state index in [1.54, 1.807) is 0 Å². The fraction of sp³-hybridized carbons (Fsp3) is 0.579. The van der Waals surface area contributed by atoms with Crippen LogP contribution in [0.1, 0.15) is 65.5 Å². The van der Waals surface area contributed by atoms with E-state index in [0.717, 1.165) is 47.9 Å². The zero-order chi connectivity index (χ0) is 19.0. The second kappa shape index (κ2) is 7.42. The molecule has 0 saturated carbocycles. The third-order valence-electron chi connectivity index (χ3n) is 5.55. The molecule has 2 amide bonds. The number of aromatic nitrogens is 3. The van der Waals surface area contributed by atoms with Gasteiger partial charge in [0.1, 0.15) is 0 Å².